The number of nitrogens with one attached hydrogen (secondary N) is 1. The summed E-state index contributed by atoms with van der Waals surface area (Å²) in [7, 11) is 0. The fourth-order valence-electron chi connectivity index (χ4n) is 3.04. The van der Waals surface area contributed by atoms with Gasteiger partial charge in [0.25, 0.3) is 0 Å². The predicted octanol–water partition coefficient (Wildman–Crippen LogP) is 1.47. The summed E-state index contributed by atoms with van der Waals surface area (Å²) in [6.07, 6.45) is 4.25. The van der Waals surface area contributed by atoms with Crippen LogP contribution in [0.15, 0.2) is 0 Å². The monoisotopic (exact) mass is 182 g/mol. The summed E-state index contributed by atoms with van der Waals surface area (Å²) in [5.41, 5.74) is 0. The molecular weight excluding hydrogens is 160 g/mol. The maximum absolute atomic E-state index is 3.56. The molecule has 76 valence electrons. The van der Waals surface area contributed by atoms with Crippen molar-refractivity contribution in [3.8, 4) is 0 Å². The molecule has 2 heterocycles. The Morgan fingerprint density at radius 3 is 2.92 bits per heavy atom. The van der Waals surface area contributed by atoms with Crippen LogP contribution in [0, 0.1) is 5.92 Å². The summed E-state index contributed by atoms with van der Waals surface area (Å²) >= 11 is 0. The number of likely N-dealkylation sites (tertiary alicyclic amines) is 1. The van der Waals surface area contributed by atoms with Crippen molar-refractivity contribution >= 4 is 0 Å². The zero-order valence-electron chi connectivity index (χ0n) is 8.92. The van der Waals surface area contributed by atoms with Crippen molar-refractivity contribution in [1.82, 2.24) is 10.2 Å². The largest absolute Gasteiger partial charge is 0.314 e. The summed E-state index contributed by atoms with van der Waals surface area (Å²) in [4.78, 5) is 2.67. The quantitative estimate of drug-likeness (QED) is 0.695. The topological polar surface area (TPSA) is 15.3 Å². The second kappa shape index (κ2) is 3.97. The maximum Gasteiger partial charge on any atom is 0.0137 e. The molecule has 2 aliphatic heterocycles. The fourth-order valence-corrected chi connectivity index (χ4v) is 3.04. The highest BCUT2D eigenvalue weighted by Crippen LogP contribution is 2.28. The van der Waals surface area contributed by atoms with Crippen molar-refractivity contribution in [2.75, 3.05) is 19.6 Å². The highest BCUT2D eigenvalue weighted by atomic mass is 15.2. The molecule has 0 aromatic rings. The summed E-state index contributed by atoms with van der Waals surface area (Å²) in [6.45, 7) is 8.44. The molecule has 0 radical (unpaired) electrons. The lowest BCUT2D eigenvalue weighted by Crippen LogP contribution is -2.36. The van der Waals surface area contributed by atoms with E-state index in [1.165, 1.54) is 38.9 Å². The van der Waals surface area contributed by atoms with Crippen LogP contribution in [0.25, 0.3) is 0 Å². The summed E-state index contributed by atoms with van der Waals surface area (Å²) in [6, 6.07) is 1.65. The van der Waals surface area contributed by atoms with E-state index >= 15 is 0 Å². The average Bonchev–Trinajstić information content (AvgIpc) is 2.71. The molecule has 2 saturated heterocycles. The van der Waals surface area contributed by atoms with Gasteiger partial charge in [-0.15, -0.1) is 0 Å². The SMILES string of the molecule is CCN1CCCC1C1CNC(C)C1. The van der Waals surface area contributed by atoms with E-state index in [1.807, 2.05) is 0 Å². The first kappa shape index (κ1) is 9.47. The first-order valence-electron chi connectivity index (χ1n) is 5.78. The van der Waals surface area contributed by atoms with E-state index in [-0.39, 0.29) is 0 Å². The molecule has 2 rings (SSSR count). The molecule has 2 heteroatoms. The number of hydrogen-bond donors (Lipinski definition) is 1. The van der Waals surface area contributed by atoms with Crippen LogP contribution in [-0.2, 0) is 0 Å². The van der Waals surface area contributed by atoms with Gasteiger partial charge in [-0.25, -0.2) is 0 Å². The van der Waals surface area contributed by atoms with Crippen LogP contribution in [0.5, 0.6) is 0 Å². The fraction of sp³-hybridized carbons (Fsp3) is 1.00. The van der Waals surface area contributed by atoms with Gasteiger partial charge >= 0.3 is 0 Å². The van der Waals surface area contributed by atoms with Crippen LogP contribution in [0.1, 0.15) is 33.1 Å². The zero-order chi connectivity index (χ0) is 9.26. The molecular formula is C11H22N2. The molecule has 0 aromatic carbocycles. The number of rotatable bonds is 2. The van der Waals surface area contributed by atoms with E-state index in [2.05, 4.69) is 24.1 Å². The van der Waals surface area contributed by atoms with Crippen molar-refractivity contribution in [2.24, 2.45) is 5.92 Å². The average molecular weight is 182 g/mol. The van der Waals surface area contributed by atoms with E-state index < -0.39 is 0 Å². The van der Waals surface area contributed by atoms with Gasteiger partial charge in [-0.05, 0) is 51.7 Å². The van der Waals surface area contributed by atoms with Gasteiger partial charge in [0, 0.05) is 12.1 Å². The molecule has 3 unspecified atom stereocenters. The Morgan fingerprint density at radius 1 is 1.46 bits per heavy atom. The van der Waals surface area contributed by atoms with Crippen LogP contribution in [-0.4, -0.2) is 36.6 Å². The third kappa shape index (κ3) is 1.89. The van der Waals surface area contributed by atoms with Crippen LogP contribution >= 0.6 is 0 Å². The summed E-state index contributed by atoms with van der Waals surface area (Å²) < 4.78 is 0. The molecule has 13 heavy (non-hydrogen) atoms. The van der Waals surface area contributed by atoms with Gasteiger partial charge in [-0.2, -0.15) is 0 Å². The number of nitrogens with zero attached hydrogens (tertiary/aromatic N) is 1. The molecule has 0 bridgehead atoms. The van der Waals surface area contributed by atoms with Gasteiger partial charge in [-0.3, -0.25) is 0 Å². The Hall–Kier alpha value is -0.0800. The minimum atomic E-state index is 0.754. The maximum atomic E-state index is 3.56. The van der Waals surface area contributed by atoms with Gasteiger partial charge in [0.15, 0.2) is 0 Å². The second-order valence-electron chi connectivity index (χ2n) is 4.64. The molecule has 2 nitrogen and oxygen atoms in total. The first-order valence-corrected chi connectivity index (χ1v) is 5.78. The number of hydrogen-bond acceptors (Lipinski definition) is 2. The Labute approximate surface area is 81.7 Å². The molecule has 0 saturated carbocycles. The van der Waals surface area contributed by atoms with Crippen LogP contribution in [0.4, 0.5) is 0 Å². The van der Waals surface area contributed by atoms with Crippen LogP contribution in [0.3, 0.4) is 0 Å². The molecule has 0 amide bonds. The van der Waals surface area contributed by atoms with E-state index in [9.17, 15) is 0 Å². The smallest absolute Gasteiger partial charge is 0.0137 e. The van der Waals surface area contributed by atoms with Crippen molar-refractivity contribution in [3.05, 3.63) is 0 Å². The van der Waals surface area contributed by atoms with Crippen LogP contribution < -0.4 is 5.32 Å². The van der Waals surface area contributed by atoms with Crippen molar-refractivity contribution in [1.29, 1.82) is 0 Å². The third-order valence-electron chi connectivity index (χ3n) is 3.75. The molecule has 1 N–H and O–H groups in total. The minimum absolute atomic E-state index is 0.754. The van der Waals surface area contributed by atoms with Gasteiger partial charge < -0.3 is 10.2 Å². The Balaban J connectivity index is 1.92. The van der Waals surface area contributed by atoms with Crippen molar-refractivity contribution in [3.63, 3.8) is 0 Å². The lowest BCUT2D eigenvalue weighted by molar-refractivity contribution is 0.205. The zero-order valence-corrected chi connectivity index (χ0v) is 8.92. The van der Waals surface area contributed by atoms with Gasteiger partial charge in [0.1, 0.15) is 0 Å². The van der Waals surface area contributed by atoms with Crippen LogP contribution in [0.2, 0.25) is 0 Å². The van der Waals surface area contributed by atoms with E-state index in [0.717, 1.165) is 18.0 Å². The lowest BCUT2D eigenvalue weighted by atomic mass is 9.95. The summed E-state index contributed by atoms with van der Waals surface area (Å²) in [5, 5.41) is 3.56. The molecule has 0 aliphatic carbocycles. The van der Waals surface area contributed by atoms with Gasteiger partial charge in [0.2, 0.25) is 0 Å². The predicted molar refractivity (Wildman–Crippen MR) is 55.8 cm³/mol. The lowest BCUT2D eigenvalue weighted by Gasteiger charge is -2.27. The molecule has 0 aromatic heterocycles. The van der Waals surface area contributed by atoms with Gasteiger partial charge in [0.05, 0.1) is 0 Å². The highest BCUT2D eigenvalue weighted by Gasteiger charge is 2.34. The second-order valence-corrected chi connectivity index (χ2v) is 4.64. The van der Waals surface area contributed by atoms with Crippen molar-refractivity contribution < 1.29 is 0 Å². The van der Waals surface area contributed by atoms with Gasteiger partial charge in [-0.1, -0.05) is 6.92 Å². The Kier molecular flexibility index (Phi) is 2.89. The molecule has 3 atom stereocenters. The van der Waals surface area contributed by atoms with E-state index in [4.69, 9.17) is 0 Å². The molecule has 2 fully saturated rings. The van der Waals surface area contributed by atoms with E-state index in [1.54, 1.807) is 0 Å². The first-order chi connectivity index (χ1) is 6.31. The highest BCUT2D eigenvalue weighted by molar-refractivity contribution is 4.91. The Morgan fingerprint density at radius 2 is 2.31 bits per heavy atom. The Bertz CT molecular complexity index is 169. The third-order valence-corrected chi connectivity index (χ3v) is 3.75. The van der Waals surface area contributed by atoms with E-state index in [0.29, 0.717) is 0 Å². The molecule has 0 spiro atoms. The minimum Gasteiger partial charge on any atom is -0.314 e. The standard InChI is InChI=1S/C11H22N2/c1-3-13-6-4-5-11(13)10-7-9(2)12-8-10/h9-12H,3-8H2,1-2H3. The summed E-state index contributed by atoms with van der Waals surface area (Å²) in [5.74, 6) is 0.928. The molecule has 2 aliphatic rings. The normalized spacial score (nSPS) is 41.5. The van der Waals surface area contributed by atoms with Crippen molar-refractivity contribution in [2.45, 2.75) is 45.2 Å².